The van der Waals surface area contributed by atoms with E-state index in [9.17, 15) is 0 Å². The summed E-state index contributed by atoms with van der Waals surface area (Å²) >= 11 is 0. The Balaban J connectivity index is 1.92. The van der Waals surface area contributed by atoms with Crippen LogP contribution in [0.15, 0.2) is 0 Å². The molecule has 0 aliphatic heterocycles. The Labute approximate surface area is 120 Å². The summed E-state index contributed by atoms with van der Waals surface area (Å²) in [6.45, 7) is 8.61. The van der Waals surface area contributed by atoms with Crippen LogP contribution in [0.1, 0.15) is 65.2 Å². The van der Waals surface area contributed by atoms with Gasteiger partial charge in [-0.25, -0.2) is 0 Å². The van der Waals surface area contributed by atoms with Gasteiger partial charge in [0.1, 0.15) is 0 Å². The number of nitrogens with one attached hydrogen (secondary N) is 1. The van der Waals surface area contributed by atoms with Crippen LogP contribution in [0.3, 0.4) is 0 Å². The van der Waals surface area contributed by atoms with Crippen LogP contribution in [0.5, 0.6) is 0 Å². The summed E-state index contributed by atoms with van der Waals surface area (Å²) in [5.74, 6) is 0.841. The molecular weight excluding hydrogens is 232 g/mol. The lowest BCUT2D eigenvalue weighted by molar-refractivity contribution is 0.0958. The second kappa shape index (κ2) is 7.08. The average Bonchev–Trinajstić information content (AvgIpc) is 3.20. The molecule has 2 rings (SSSR count). The van der Waals surface area contributed by atoms with Crippen molar-refractivity contribution in [3.63, 3.8) is 0 Å². The first kappa shape index (κ1) is 15.3. The summed E-state index contributed by atoms with van der Waals surface area (Å²) < 4.78 is 0. The van der Waals surface area contributed by atoms with Crippen LogP contribution in [0, 0.1) is 11.3 Å². The number of nitrogens with zero attached hydrogens (tertiary/aromatic N) is 1. The number of hydrogen-bond acceptors (Lipinski definition) is 2. The minimum atomic E-state index is 0.576. The Morgan fingerprint density at radius 3 is 2.37 bits per heavy atom. The van der Waals surface area contributed by atoms with E-state index in [2.05, 4.69) is 31.1 Å². The third-order valence-electron chi connectivity index (χ3n) is 5.06. The second-order valence-electron chi connectivity index (χ2n) is 7.48. The van der Waals surface area contributed by atoms with E-state index in [0.717, 1.165) is 12.0 Å². The van der Waals surface area contributed by atoms with Crippen molar-refractivity contribution in [3.05, 3.63) is 0 Å². The maximum absolute atomic E-state index is 3.48. The molecule has 2 fully saturated rings. The van der Waals surface area contributed by atoms with Crippen molar-refractivity contribution < 1.29 is 0 Å². The Morgan fingerprint density at radius 2 is 1.84 bits per heavy atom. The minimum Gasteiger partial charge on any atom is -0.319 e. The lowest BCUT2D eigenvalue weighted by atomic mass is 9.73. The predicted octanol–water partition coefficient (Wildman–Crippen LogP) is 3.67. The van der Waals surface area contributed by atoms with Gasteiger partial charge in [-0.2, -0.15) is 0 Å². The molecule has 0 aromatic heterocycles. The van der Waals surface area contributed by atoms with Gasteiger partial charge < -0.3 is 5.32 Å². The van der Waals surface area contributed by atoms with Crippen LogP contribution in [-0.4, -0.2) is 37.6 Å². The van der Waals surface area contributed by atoms with E-state index in [1.165, 1.54) is 71.0 Å². The van der Waals surface area contributed by atoms with Crippen LogP contribution in [0.2, 0.25) is 0 Å². The molecule has 2 aliphatic rings. The minimum absolute atomic E-state index is 0.576. The van der Waals surface area contributed by atoms with E-state index in [-0.39, 0.29) is 0 Å². The van der Waals surface area contributed by atoms with Crippen LogP contribution >= 0.6 is 0 Å². The highest BCUT2D eigenvalue weighted by Gasteiger charge is 2.37. The van der Waals surface area contributed by atoms with Crippen molar-refractivity contribution in [3.8, 4) is 0 Å². The topological polar surface area (TPSA) is 15.3 Å². The van der Waals surface area contributed by atoms with Crippen LogP contribution in [0.4, 0.5) is 0 Å². The van der Waals surface area contributed by atoms with Gasteiger partial charge in [-0.1, -0.05) is 33.1 Å². The Morgan fingerprint density at radius 1 is 1.16 bits per heavy atom. The molecule has 0 radical (unpaired) electrons. The van der Waals surface area contributed by atoms with Gasteiger partial charge in [0.05, 0.1) is 0 Å². The molecule has 0 spiro atoms. The molecule has 2 heteroatoms. The fourth-order valence-electron chi connectivity index (χ4n) is 3.75. The summed E-state index contributed by atoms with van der Waals surface area (Å²) in [5.41, 5.74) is 0.576. The molecule has 19 heavy (non-hydrogen) atoms. The first-order valence-corrected chi connectivity index (χ1v) is 8.54. The summed E-state index contributed by atoms with van der Waals surface area (Å²) in [4.78, 5) is 2.84. The predicted molar refractivity (Wildman–Crippen MR) is 83.5 cm³/mol. The molecule has 2 nitrogen and oxygen atoms in total. The van der Waals surface area contributed by atoms with E-state index in [1.807, 2.05) is 0 Å². The second-order valence-corrected chi connectivity index (χ2v) is 7.48. The largest absolute Gasteiger partial charge is 0.319 e. The van der Waals surface area contributed by atoms with Gasteiger partial charge in [0, 0.05) is 19.1 Å². The highest BCUT2D eigenvalue weighted by atomic mass is 15.2. The molecule has 0 aromatic carbocycles. The quantitative estimate of drug-likeness (QED) is 0.721. The average molecular weight is 266 g/mol. The monoisotopic (exact) mass is 266 g/mol. The van der Waals surface area contributed by atoms with E-state index < -0.39 is 0 Å². The number of rotatable bonds is 8. The Bertz CT molecular complexity index is 246. The molecular formula is C17H34N2. The zero-order chi connectivity index (χ0) is 13.7. The lowest BCUT2D eigenvalue weighted by Gasteiger charge is -2.41. The molecule has 0 heterocycles. The summed E-state index contributed by atoms with van der Waals surface area (Å²) in [6.07, 6.45) is 11.5. The van der Waals surface area contributed by atoms with E-state index in [1.54, 1.807) is 0 Å². The fourth-order valence-corrected chi connectivity index (χ4v) is 3.75. The van der Waals surface area contributed by atoms with Gasteiger partial charge in [-0.15, -0.1) is 0 Å². The fraction of sp³-hybridized carbons (Fsp3) is 1.00. The van der Waals surface area contributed by atoms with E-state index in [0.29, 0.717) is 5.41 Å². The van der Waals surface area contributed by atoms with Crippen molar-refractivity contribution >= 4 is 0 Å². The maximum Gasteiger partial charge on any atom is 0.00966 e. The third-order valence-corrected chi connectivity index (χ3v) is 5.06. The zero-order valence-corrected chi connectivity index (χ0v) is 13.4. The van der Waals surface area contributed by atoms with Gasteiger partial charge >= 0.3 is 0 Å². The van der Waals surface area contributed by atoms with Gasteiger partial charge in [-0.05, 0) is 57.0 Å². The standard InChI is InChI=1S/C17H34N2/c1-15(2)9-12-19(16-7-8-16)14-17(13-18-3)10-5-4-6-11-17/h15-16,18H,4-14H2,1-3H3. The normalized spacial score (nSPS) is 23.2. The van der Waals surface area contributed by atoms with Crippen molar-refractivity contribution in [1.29, 1.82) is 0 Å². The Hall–Kier alpha value is -0.0800. The lowest BCUT2D eigenvalue weighted by Crippen LogP contribution is -2.46. The Kier molecular flexibility index (Phi) is 5.70. The highest BCUT2D eigenvalue weighted by Crippen LogP contribution is 2.39. The molecule has 0 aromatic rings. The van der Waals surface area contributed by atoms with Gasteiger partial charge in [0.25, 0.3) is 0 Å². The molecule has 0 amide bonds. The number of hydrogen-bond donors (Lipinski definition) is 1. The first-order chi connectivity index (χ1) is 9.15. The van der Waals surface area contributed by atoms with Crippen LogP contribution in [0.25, 0.3) is 0 Å². The molecule has 2 saturated carbocycles. The van der Waals surface area contributed by atoms with Crippen LogP contribution in [-0.2, 0) is 0 Å². The van der Waals surface area contributed by atoms with E-state index >= 15 is 0 Å². The van der Waals surface area contributed by atoms with Gasteiger partial charge in [0.15, 0.2) is 0 Å². The summed E-state index contributed by atoms with van der Waals surface area (Å²) in [5, 5.41) is 3.48. The highest BCUT2D eigenvalue weighted by molar-refractivity contribution is 4.92. The SMILES string of the molecule is CNCC1(CN(CCC(C)C)C2CC2)CCCCC1. The molecule has 0 saturated heterocycles. The van der Waals surface area contributed by atoms with Crippen molar-refractivity contribution in [2.24, 2.45) is 11.3 Å². The molecule has 0 bridgehead atoms. The van der Waals surface area contributed by atoms with Gasteiger partial charge in [-0.3, -0.25) is 4.90 Å². The third kappa shape index (κ3) is 4.75. The van der Waals surface area contributed by atoms with Crippen molar-refractivity contribution in [2.45, 2.75) is 71.3 Å². The van der Waals surface area contributed by atoms with Crippen LogP contribution < -0.4 is 5.32 Å². The zero-order valence-electron chi connectivity index (χ0n) is 13.4. The summed E-state index contributed by atoms with van der Waals surface area (Å²) in [7, 11) is 2.13. The smallest absolute Gasteiger partial charge is 0.00966 e. The molecule has 1 N–H and O–H groups in total. The molecule has 112 valence electrons. The maximum atomic E-state index is 3.48. The van der Waals surface area contributed by atoms with E-state index in [4.69, 9.17) is 0 Å². The van der Waals surface area contributed by atoms with Gasteiger partial charge in [0.2, 0.25) is 0 Å². The first-order valence-electron chi connectivity index (χ1n) is 8.54. The molecule has 2 aliphatic carbocycles. The van der Waals surface area contributed by atoms with Crippen molar-refractivity contribution in [2.75, 3.05) is 26.7 Å². The summed E-state index contributed by atoms with van der Waals surface area (Å²) in [6, 6.07) is 0.925. The molecule has 0 unspecified atom stereocenters. The molecule has 0 atom stereocenters. The van der Waals surface area contributed by atoms with Crippen molar-refractivity contribution in [1.82, 2.24) is 10.2 Å².